The molecule has 2 N–H and O–H groups in total. The average molecular weight is 268 g/mol. The van der Waals surface area contributed by atoms with E-state index in [1.807, 2.05) is 0 Å². The van der Waals surface area contributed by atoms with Crippen molar-refractivity contribution in [1.82, 2.24) is 10.2 Å². The van der Waals surface area contributed by atoms with E-state index in [1.165, 1.54) is 12.5 Å². The fourth-order valence-corrected chi connectivity index (χ4v) is 1.47. The molecule has 0 aliphatic heterocycles. The van der Waals surface area contributed by atoms with E-state index in [2.05, 4.69) is 5.32 Å². The molecule has 0 saturated carbocycles. The maximum Gasteiger partial charge on any atom is 0.254 e. The van der Waals surface area contributed by atoms with Gasteiger partial charge in [0.05, 0.1) is 17.9 Å². The first-order valence-electron chi connectivity index (χ1n) is 6.23. The summed E-state index contributed by atoms with van der Waals surface area (Å²) in [6.45, 7) is 2.47. The third kappa shape index (κ3) is 5.56. The van der Waals surface area contributed by atoms with Crippen LogP contribution in [0.15, 0.2) is 23.0 Å². The lowest BCUT2D eigenvalue weighted by Gasteiger charge is -2.18. The zero-order valence-electron chi connectivity index (χ0n) is 11.3. The number of aliphatic hydroxyl groups is 1. The summed E-state index contributed by atoms with van der Waals surface area (Å²) >= 11 is 0. The van der Waals surface area contributed by atoms with Crippen molar-refractivity contribution >= 4 is 11.8 Å². The second-order valence-electron chi connectivity index (χ2n) is 4.47. The SMILES string of the molecule is CC(O)CCN(C)C(=O)CCNC(=O)c1ccoc1. The Morgan fingerprint density at radius 3 is 2.84 bits per heavy atom. The Morgan fingerprint density at radius 1 is 1.53 bits per heavy atom. The van der Waals surface area contributed by atoms with Crippen molar-refractivity contribution in [2.45, 2.75) is 25.9 Å². The van der Waals surface area contributed by atoms with Crippen LogP contribution >= 0.6 is 0 Å². The zero-order chi connectivity index (χ0) is 14.3. The first-order valence-corrected chi connectivity index (χ1v) is 6.23. The monoisotopic (exact) mass is 268 g/mol. The van der Waals surface area contributed by atoms with Crippen LogP contribution in [-0.2, 0) is 4.79 Å². The summed E-state index contributed by atoms with van der Waals surface area (Å²) in [6.07, 6.45) is 3.13. The van der Waals surface area contributed by atoms with Crippen molar-refractivity contribution in [3.8, 4) is 0 Å². The van der Waals surface area contributed by atoms with Crippen molar-refractivity contribution < 1.29 is 19.1 Å². The van der Waals surface area contributed by atoms with Gasteiger partial charge in [-0.25, -0.2) is 0 Å². The number of carbonyl (C=O) groups is 2. The molecule has 0 fully saturated rings. The maximum absolute atomic E-state index is 11.7. The number of hydrogen-bond acceptors (Lipinski definition) is 4. The van der Waals surface area contributed by atoms with E-state index in [-0.39, 0.29) is 24.8 Å². The highest BCUT2D eigenvalue weighted by atomic mass is 16.3. The van der Waals surface area contributed by atoms with Gasteiger partial charge in [0.1, 0.15) is 6.26 Å². The molecule has 0 aliphatic rings. The second kappa shape index (κ2) is 7.58. The summed E-state index contributed by atoms with van der Waals surface area (Å²) in [7, 11) is 1.68. The van der Waals surface area contributed by atoms with Crippen LogP contribution in [0.25, 0.3) is 0 Å². The fraction of sp³-hybridized carbons (Fsp3) is 0.538. The predicted molar refractivity (Wildman–Crippen MR) is 69.6 cm³/mol. The number of carbonyl (C=O) groups excluding carboxylic acids is 2. The van der Waals surface area contributed by atoms with Crippen LogP contribution in [0.2, 0.25) is 0 Å². The Hall–Kier alpha value is -1.82. The molecule has 0 spiro atoms. The summed E-state index contributed by atoms with van der Waals surface area (Å²) in [5.74, 6) is -0.318. The fourth-order valence-electron chi connectivity index (χ4n) is 1.47. The van der Waals surface area contributed by atoms with Crippen LogP contribution in [0.5, 0.6) is 0 Å². The molecule has 1 atom stereocenters. The van der Waals surface area contributed by atoms with Gasteiger partial charge in [0.2, 0.25) is 5.91 Å². The topological polar surface area (TPSA) is 82.8 Å². The number of amides is 2. The molecule has 0 aliphatic carbocycles. The summed E-state index contributed by atoms with van der Waals surface area (Å²) in [6, 6.07) is 1.56. The zero-order valence-corrected chi connectivity index (χ0v) is 11.3. The van der Waals surface area contributed by atoms with Crippen molar-refractivity contribution in [2.75, 3.05) is 20.1 Å². The van der Waals surface area contributed by atoms with Gasteiger partial charge in [0.25, 0.3) is 5.91 Å². The van der Waals surface area contributed by atoms with Crippen LogP contribution in [0.1, 0.15) is 30.1 Å². The molecule has 1 rings (SSSR count). The number of nitrogens with zero attached hydrogens (tertiary/aromatic N) is 1. The van der Waals surface area contributed by atoms with E-state index in [0.717, 1.165) is 0 Å². The number of furan rings is 1. The van der Waals surface area contributed by atoms with Gasteiger partial charge in [0, 0.05) is 26.6 Å². The van der Waals surface area contributed by atoms with E-state index in [9.17, 15) is 9.59 Å². The predicted octanol–water partition coefficient (Wildman–Crippen LogP) is 0.629. The Bertz CT molecular complexity index is 401. The molecule has 1 unspecified atom stereocenters. The highest BCUT2D eigenvalue weighted by Crippen LogP contribution is 2.00. The van der Waals surface area contributed by atoms with Gasteiger partial charge in [-0.2, -0.15) is 0 Å². The van der Waals surface area contributed by atoms with Crippen LogP contribution in [0, 0.1) is 0 Å². The second-order valence-corrected chi connectivity index (χ2v) is 4.47. The Kier molecular flexibility index (Phi) is 6.08. The maximum atomic E-state index is 11.7. The van der Waals surface area contributed by atoms with Gasteiger partial charge < -0.3 is 19.7 Å². The molecule has 1 aromatic rings. The van der Waals surface area contributed by atoms with Crippen molar-refractivity contribution in [2.24, 2.45) is 0 Å². The highest BCUT2D eigenvalue weighted by Gasteiger charge is 2.11. The molecule has 0 aromatic carbocycles. The molecule has 6 nitrogen and oxygen atoms in total. The smallest absolute Gasteiger partial charge is 0.254 e. The third-order valence-electron chi connectivity index (χ3n) is 2.72. The minimum absolute atomic E-state index is 0.0619. The molecular weight excluding hydrogens is 248 g/mol. The Morgan fingerprint density at radius 2 is 2.26 bits per heavy atom. The normalized spacial score (nSPS) is 11.9. The largest absolute Gasteiger partial charge is 0.472 e. The lowest BCUT2D eigenvalue weighted by atomic mass is 10.2. The molecule has 1 aromatic heterocycles. The number of hydrogen-bond donors (Lipinski definition) is 2. The molecule has 106 valence electrons. The van der Waals surface area contributed by atoms with Crippen LogP contribution < -0.4 is 5.32 Å². The summed E-state index contributed by atoms with van der Waals surface area (Å²) in [4.78, 5) is 24.8. The van der Waals surface area contributed by atoms with Crippen LogP contribution in [0.4, 0.5) is 0 Å². The van der Waals surface area contributed by atoms with E-state index in [0.29, 0.717) is 18.5 Å². The first kappa shape index (κ1) is 15.2. The van der Waals surface area contributed by atoms with Gasteiger partial charge in [-0.05, 0) is 19.4 Å². The van der Waals surface area contributed by atoms with Gasteiger partial charge in [-0.1, -0.05) is 0 Å². The molecule has 0 radical (unpaired) electrons. The van der Waals surface area contributed by atoms with E-state index in [4.69, 9.17) is 9.52 Å². The molecule has 0 saturated heterocycles. The minimum Gasteiger partial charge on any atom is -0.472 e. The van der Waals surface area contributed by atoms with E-state index in [1.54, 1.807) is 24.9 Å². The summed E-state index contributed by atoms with van der Waals surface area (Å²) in [5.41, 5.74) is 0.440. The number of nitrogens with one attached hydrogen (secondary N) is 1. The Balaban J connectivity index is 2.21. The standard InChI is InChI=1S/C13H20N2O4/c1-10(16)4-7-15(2)12(17)3-6-14-13(18)11-5-8-19-9-11/h5,8-10,16H,3-4,6-7H2,1-2H3,(H,14,18). The number of aliphatic hydroxyl groups excluding tert-OH is 1. The first-order chi connectivity index (χ1) is 9.00. The van der Waals surface area contributed by atoms with E-state index >= 15 is 0 Å². The van der Waals surface area contributed by atoms with Gasteiger partial charge in [-0.3, -0.25) is 9.59 Å². The summed E-state index contributed by atoms with van der Waals surface area (Å²) in [5, 5.41) is 11.8. The van der Waals surface area contributed by atoms with Crippen molar-refractivity contribution in [1.29, 1.82) is 0 Å². The molecular formula is C13H20N2O4. The third-order valence-corrected chi connectivity index (χ3v) is 2.72. The van der Waals surface area contributed by atoms with Crippen molar-refractivity contribution in [3.63, 3.8) is 0 Å². The van der Waals surface area contributed by atoms with E-state index < -0.39 is 6.10 Å². The van der Waals surface area contributed by atoms with Crippen LogP contribution in [-0.4, -0.2) is 48.1 Å². The van der Waals surface area contributed by atoms with Gasteiger partial charge in [-0.15, -0.1) is 0 Å². The molecule has 6 heteroatoms. The van der Waals surface area contributed by atoms with Gasteiger partial charge in [0.15, 0.2) is 0 Å². The van der Waals surface area contributed by atoms with Crippen LogP contribution in [0.3, 0.4) is 0 Å². The lowest BCUT2D eigenvalue weighted by Crippen LogP contribution is -2.33. The van der Waals surface area contributed by atoms with Gasteiger partial charge >= 0.3 is 0 Å². The highest BCUT2D eigenvalue weighted by molar-refractivity contribution is 5.93. The molecule has 1 heterocycles. The van der Waals surface area contributed by atoms with Crippen molar-refractivity contribution in [3.05, 3.63) is 24.2 Å². The Labute approximate surface area is 112 Å². The number of rotatable bonds is 7. The molecule has 19 heavy (non-hydrogen) atoms. The molecule has 0 bridgehead atoms. The average Bonchev–Trinajstić information content (AvgIpc) is 2.89. The lowest BCUT2D eigenvalue weighted by molar-refractivity contribution is -0.129. The molecule has 2 amide bonds. The minimum atomic E-state index is -0.420. The quantitative estimate of drug-likeness (QED) is 0.759. The summed E-state index contributed by atoms with van der Waals surface area (Å²) < 4.78 is 4.80.